The number of hydrogen-bond acceptors (Lipinski definition) is 26. The number of rotatable bonds is 21. The van der Waals surface area contributed by atoms with Gasteiger partial charge in [0.25, 0.3) is 0 Å². The molecule has 0 aromatic heterocycles. The number of carbonyl (C=O) groups excluding carboxylic acids is 1. The fourth-order valence-electron chi connectivity index (χ4n) is 3.50. The van der Waals surface area contributed by atoms with Crippen LogP contribution < -0.4 is 11.1 Å². The highest BCUT2D eigenvalue weighted by atomic mass is 16.6. The van der Waals surface area contributed by atoms with Crippen molar-refractivity contribution in [2.45, 2.75) is 112 Å². The van der Waals surface area contributed by atoms with Crippen LogP contribution in [0.5, 0.6) is 0 Å². The van der Waals surface area contributed by atoms with Gasteiger partial charge in [-0.2, -0.15) is 0 Å². The van der Waals surface area contributed by atoms with Crippen LogP contribution in [0.4, 0.5) is 0 Å². The molecule has 30 nitrogen and oxygen atoms in total. The average Bonchev–Trinajstić information content (AvgIpc) is 3.20. The molecule has 0 spiro atoms. The summed E-state index contributed by atoms with van der Waals surface area (Å²) < 4.78 is 5.00. The van der Waals surface area contributed by atoms with E-state index in [4.69, 9.17) is 81.3 Å². The molecule has 61 heavy (non-hydrogen) atoms. The van der Waals surface area contributed by atoms with Crippen molar-refractivity contribution in [1.82, 2.24) is 5.32 Å². The van der Waals surface area contributed by atoms with Crippen molar-refractivity contribution in [2.24, 2.45) is 15.7 Å². The van der Waals surface area contributed by atoms with Gasteiger partial charge < -0.3 is 117 Å². The Morgan fingerprint density at radius 1 is 0.623 bits per heavy atom. The van der Waals surface area contributed by atoms with Crippen molar-refractivity contribution >= 4 is 42.6 Å². The van der Waals surface area contributed by atoms with Gasteiger partial charge in [-0.1, -0.05) is 0 Å². The Morgan fingerprint density at radius 2 is 1.03 bits per heavy atom. The van der Waals surface area contributed by atoms with Crippen LogP contribution in [0.1, 0.15) is 13.8 Å². The molecule has 0 amide bonds. The van der Waals surface area contributed by atoms with Gasteiger partial charge in [-0.05, 0) is 13.8 Å². The normalized spacial score (nSPS) is 24.0. The number of ether oxygens (including phenoxy) is 1. The highest BCUT2D eigenvalue weighted by Gasteiger charge is 2.43. The molecule has 0 aromatic carbocycles. The number of aliphatic carboxylic acids is 4. The maximum atomic E-state index is 10.3. The van der Waals surface area contributed by atoms with Gasteiger partial charge in [-0.25, -0.2) is 0 Å². The smallest absolute Gasteiger partial charge is 0.325 e. The lowest BCUT2D eigenvalue weighted by Crippen LogP contribution is -2.62. The number of aliphatic imine (C=N–C) groups is 2. The van der Waals surface area contributed by atoms with Crippen LogP contribution in [-0.2, 0) is 28.7 Å². The molecule has 0 aromatic rings. The van der Waals surface area contributed by atoms with E-state index >= 15 is 0 Å². The third-order valence-electron chi connectivity index (χ3n) is 6.95. The molecular formula is C31H60N4O26. The van der Waals surface area contributed by atoms with Crippen LogP contribution in [0.25, 0.3) is 0 Å². The summed E-state index contributed by atoms with van der Waals surface area (Å²) in [6, 6.07) is 0. The number of carbonyl (C=O) groups is 5. The molecule has 1 heterocycles. The first-order valence-electron chi connectivity index (χ1n) is 17.3. The maximum absolute atomic E-state index is 10.3. The Labute approximate surface area is 345 Å². The zero-order chi connectivity index (χ0) is 48.7. The minimum Gasteiger partial charge on any atom is -0.480 e. The minimum absolute atomic E-state index is 0.0935. The Morgan fingerprint density at radius 3 is 1.36 bits per heavy atom. The van der Waals surface area contributed by atoms with Gasteiger partial charge >= 0.3 is 23.9 Å². The van der Waals surface area contributed by atoms with E-state index in [-0.39, 0.29) is 12.8 Å². The van der Waals surface area contributed by atoms with Crippen LogP contribution in [0.2, 0.25) is 0 Å². The fraction of sp³-hybridized carbons (Fsp3) is 0.774. The van der Waals surface area contributed by atoms with Crippen LogP contribution in [0.3, 0.4) is 0 Å². The van der Waals surface area contributed by atoms with Crippen LogP contribution >= 0.6 is 0 Å². The fourth-order valence-corrected chi connectivity index (χ4v) is 3.50. The molecule has 16 unspecified atom stereocenters. The number of aliphatic hydroxyl groups is 16. The van der Waals surface area contributed by atoms with E-state index in [2.05, 4.69) is 21.0 Å². The summed E-state index contributed by atoms with van der Waals surface area (Å²) in [6.45, 7) is -0.577. The van der Waals surface area contributed by atoms with Crippen molar-refractivity contribution in [3.05, 3.63) is 0 Å². The van der Waals surface area contributed by atoms with E-state index < -0.39 is 155 Å². The van der Waals surface area contributed by atoms with Crippen molar-refractivity contribution in [1.29, 1.82) is 0 Å². The van der Waals surface area contributed by atoms with Crippen molar-refractivity contribution in [3.8, 4) is 0 Å². The molecule has 1 fully saturated rings. The van der Waals surface area contributed by atoms with E-state index in [9.17, 15) is 49.5 Å². The minimum atomic E-state index is -1.76. The quantitative estimate of drug-likeness (QED) is 0.0376. The lowest BCUT2D eigenvalue weighted by molar-refractivity contribution is -0.236. The number of nitrogens with one attached hydrogen (secondary N) is 1. The molecule has 1 rings (SSSR count). The molecule has 16 atom stereocenters. The maximum Gasteiger partial charge on any atom is 0.325 e. The predicted octanol–water partition coefficient (Wildman–Crippen LogP) is -12.0. The van der Waals surface area contributed by atoms with Crippen LogP contribution in [0.15, 0.2) is 9.98 Å². The molecule has 360 valence electrons. The molecule has 0 saturated carbocycles. The molecule has 1 aliphatic heterocycles. The Balaban J connectivity index is -0.000000345. The average molecular weight is 905 g/mol. The summed E-state index contributed by atoms with van der Waals surface area (Å²) in [7, 11) is 0. The first-order chi connectivity index (χ1) is 28.1. The number of hydrogen-bond donors (Lipinski definition) is 22. The number of aliphatic hydroxyl groups excluding tert-OH is 16. The Bertz CT molecular complexity index is 1260. The molecule has 23 N–H and O–H groups in total. The zero-order valence-electron chi connectivity index (χ0n) is 32.6. The lowest BCUT2D eigenvalue weighted by Gasteiger charge is -2.40. The van der Waals surface area contributed by atoms with Gasteiger partial charge in [0, 0.05) is 12.4 Å². The summed E-state index contributed by atoms with van der Waals surface area (Å²) in [4.78, 5) is 56.0. The van der Waals surface area contributed by atoms with E-state index in [0.717, 1.165) is 12.4 Å². The topological polar surface area (TPSA) is 562 Å². The summed E-state index contributed by atoms with van der Waals surface area (Å²) in [5.74, 6) is -4.47. The van der Waals surface area contributed by atoms with Gasteiger partial charge in [0.1, 0.15) is 98.7 Å². The number of carboxylic acid groups (broad SMARTS) is 4. The third-order valence-corrected chi connectivity index (χ3v) is 6.95. The van der Waals surface area contributed by atoms with Gasteiger partial charge in [-0.3, -0.25) is 34.5 Å². The third kappa shape index (κ3) is 30.8. The van der Waals surface area contributed by atoms with Gasteiger partial charge in [0.05, 0.1) is 38.5 Å². The predicted molar refractivity (Wildman–Crippen MR) is 199 cm³/mol. The van der Waals surface area contributed by atoms with E-state index in [1.807, 2.05) is 0 Å². The largest absolute Gasteiger partial charge is 0.480 e. The second kappa shape index (κ2) is 35.7. The summed E-state index contributed by atoms with van der Waals surface area (Å²) >= 11 is 0. The van der Waals surface area contributed by atoms with Crippen molar-refractivity contribution in [2.75, 3.05) is 39.4 Å². The summed E-state index contributed by atoms with van der Waals surface area (Å²) in [5, 5.41) is 179. The highest BCUT2D eigenvalue weighted by molar-refractivity contribution is 5.74. The highest BCUT2D eigenvalue weighted by Crippen LogP contribution is 2.19. The SMILES string of the molecule is CC(O)C(O)C(O)C(O)C=O.CC(O)C(O)C(O)C=NCC(=O)O.NCC(=O)O.O=C(O)CN=CC(O)C(O)C(O)C(O)CO.O=C(O)CNC1OC(CO)C(O)C(O)C1O. The van der Waals surface area contributed by atoms with E-state index in [0.29, 0.717) is 0 Å². The van der Waals surface area contributed by atoms with Crippen molar-refractivity contribution < 1.29 is 131 Å². The zero-order valence-corrected chi connectivity index (χ0v) is 32.6. The first-order valence-corrected chi connectivity index (χ1v) is 17.3. The standard InChI is InChI=1S/2C8H15NO7.C7H13NO5.C6H12O5.C2H5NO2/c10-2-3-5(13)6(14)7(15)8(16-3)9-1-4(11)12;10-3-5(12)8(16)7(15)4(11)1-9-2-6(13)14;1-4(9)7(13)5(10)2-8-3-6(11)12;1-3(8)5(10)6(11)4(9)2-7;3-1-2(4)5/h3,5-10,13-15H,1-2H2,(H,11,12);1,4-5,7-8,10-12,15-16H,2-3H2,(H,13,14);2,4-5,7,9-10,13H,3H2,1H3,(H,11,12);2-6,8-11H,1H3;1,3H2,(H,4,5). The molecule has 0 bridgehead atoms. The summed E-state index contributed by atoms with van der Waals surface area (Å²) in [5.41, 5.74) is 4.57. The second-order valence-corrected chi connectivity index (χ2v) is 12.2. The number of carboxylic acids is 4. The molecular weight excluding hydrogens is 844 g/mol. The van der Waals surface area contributed by atoms with Gasteiger partial charge in [0.15, 0.2) is 6.29 Å². The van der Waals surface area contributed by atoms with E-state index in [1.165, 1.54) is 13.8 Å². The molecule has 1 saturated heterocycles. The van der Waals surface area contributed by atoms with Gasteiger partial charge in [-0.15, -0.1) is 0 Å². The van der Waals surface area contributed by atoms with Crippen LogP contribution in [-0.4, -0.2) is 282 Å². The number of nitrogens with zero attached hydrogens (tertiary/aromatic N) is 2. The molecule has 1 aliphatic rings. The lowest BCUT2D eigenvalue weighted by atomic mass is 9.98. The molecule has 30 heteroatoms. The molecule has 0 radical (unpaired) electrons. The van der Waals surface area contributed by atoms with Crippen molar-refractivity contribution in [3.63, 3.8) is 0 Å². The number of nitrogens with two attached hydrogens (primary N) is 1. The van der Waals surface area contributed by atoms with Crippen LogP contribution in [0, 0.1) is 0 Å². The van der Waals surface area contributed by atoms with E-state index in [1.54, 1.807) is 0 Å². The monoisotopic (exact) mass is 904 g/mol. The Kier molecular flexibility index (Phi) is 37.3. The second-order valence-electron chi connectivity index (χ2n) is 12.2. The molecule has 0 aliphatic carbocycles. The van der Waals surface area contributed by atoms with Gasteiger partial charge in [0.2, 0.25) is 0 Å². The Hall–Kier alpha value is -3.87. The first kappa shape index (κ1) is 63.8. The summed E-state index contributed by atoms with van der Waals surface area (Å²) in [6.07, 6.45) is -21.4. The number of aldehydes is 1.